The lowest BCUT2D eigenvalue weighted by molar-refractivity contribution is -0.138. The second kappa shape index (κ2) is 9.38. The third kappa shape index (κ3) is 4.26. The molecule has 1 saturated carbocycles. The summed E-state index contributed by atoms with van der Waals surface area (Å²) < 4.78 is 51.0. The maximum atomic E-state index is 13.7. The number of rotatable bonds is 6. The number of nitrogens with one attached hydrogen (secondary N) is 2. The molecule has 208 valence electrons. The van der Waals surface area contributed by atoms with Crippen LogP contribution in [0.2, 0.25) is 5.02 Å². The molecule has 5 aromatic rings. The van der Waals surface area contributed by atoms with Gasteiger partial charge in [0.2, 0.25) is 5.95 Å². The van der Waals surface area contributed by atoms with Crippen LogP contribution in [0.15, 0.2) is 41.8 Å². The van der Waals surface area contributed by atoms with Crippen LogP contribution in [0, 0.1) is 0 Å². The summed E-state index contributed by atoms with van der Waals surface area (Å²) in [4.78, 5) is 26.0. The third-order valence-electron chi connectivity index (χ3n) is 6.76. The average molecular weight is 576 g/mol. The van der Waals surface area contributed by atoms with Crippen LogP contribution < -0.4 is 20.9 Å². The Morgan fingerprint density at radius 1 is 1.18 bits per heavy atom. The van der Waals surface area contributed by atoms with Crippen LogP contribution in [0.5, 0.6) is 11.5 Å². The molecule has 0 unspecified atom stereocenters. The van der Waals surface area contributed by atoms with Crippen molar-refractivity contribution in [2.75, 3.05) is 17.7 Å². The molecular formula is C24H21ClF3N9O3. The summed E-state index contributed by atoms with van der Waals surface area (Å²) in [5.41, 5.74) is -0.963. The number of ether oxygens (including phenoxy) is 1. The van der Waals surface area contributed by atoms with E-state index in [0.717, 1.165) is 16.8 Å². The van der Waals surface area contributed by atoms with E-state index in [1.54, 1.807) is 31.0 Å². The van der Waals surface area contributed by atoms with Crippen molar-refractivity contribution in [3.05, 3.63) is 58.0 Å². The average Bonchev–Trinajstić information content (AvgIpc) is 3.45. The number of nitrogens with zero attached hydrogens (tertiary/aromatic N) is 7. The van der Waals surface area contributed by atoms with Crippen molar-refractivity contribution in [2.24, 2.45) is 7.05 Å². The standard InChI is InChI=1S/C24H21ClF3N9O3/c1-29-20-18-16(9-32-37(18)4-3-30-20)40-15-8-31-21-19(17(15)25)35(2)23(34-21)33-14-5-11(24(26,27)28)10-36(22(14)39)12-6-13(38)7-12/h3-5,8-10,12-13,38H,6-7H2,1-2H3,(H,29,30)(H,31,33,34)/t12-,13+. The lowest BCUT2D eigenvalue weighted by Crippen LogP contribution is -2.37. The molecule has 0 aromatic carbocycles. The largest absolute Gasteiger partial charge is 0.450 e. The molecule has 0 amide bonds. The molecule has 16 heteroatoms. The number of imidazole rings is 1. The van der Waals surface area contributed by atoms with Crippen molar-refractivity contribution < 1.29 is 23.0 Å². The smallest absolute Gasteiger partial charge is 0.417 e. The van der Waals surface area contributed by atoms with Gasteiger partial charge in [-0.1, -0.05) is 11.6 Å². The van der Waals surface area contributed by atoms with Crippen LogP contribution in [-0.2, 0) is 13.2 Å². The van der Waals surface area contributed by atoms with Gasteiger partial charge in [0.25, 0.3) is 5.56 Å². The van der Waals surface area contributed by atoms with Gasteiger partial charge in [-0.2, -0.15) is 23.3 Å². The fourth-order valence-electron chi connectivity index (χ4n) is 4.61. The van der Waals surface area contributed by atoms with Gasteiger partial charge >= 0.3 is 6.18 Å². The number of hydrogen-bond acceptors (Lipinski definition) is 9. The number of anilines is 3. The van der Waals surface area contributed by atoms with Crippen LogP contribution >= 0.6 is 11.6 Å². The van der Waals surface area contributed by atoms with E-state index >= 15 is 0 Å². The fraction of sp³-hybridized carbons (Fsp3) is 0.292. The predicted octanol–water partition coefficient (Wildman–Crippen LogP) is 4.12. The summed E-state index contributed by atoms with van der Waals surface area (Å²) in [7, 11) is 3.28. The van der Waals surface area contributed by atoms with Crippen molar-refractivity contribution in [1.82, 2.24) is 33.7 Å². The number of hydrogen-bond donors (Lipinski definition) is 3. The highest BCUT2D eigenvalue weighted by Crippen LogP contribution is 2.38. The molecule has 3 N–H and O–H groups in total. The zero-order valence-corrected chi connectivity index (χ0v) is 21.7. The summed E-state index contributed by atoms with van der Waals surface area (Å²) in [6, 6.07) is 0.190. The third-order valence-corrected chi connectivity index (χ3v) is 7.12. The Morgan fingerprint density at radius 2 is 1.95 bits per heavy atom. The Kier molecular flexibility index (Phi) is 6.07. The first-order valence-corrected chi connectivity index (χ1v) is 12.4. The van der Waals surface area contributed by atoms with Gasteiger partial charge in [-0.05, 0) is 18.9 Å². The first kappa shape index (κ1) is 25.9. The number of aryl methyl sites for hydroxylation is 1. The van der Waals surface area contributed by atoms with Crippen LogP contribution in [0.1, 0.15) is 24.4 Å². The normalized spacial score (nSPS) is 17.3. The highest BCUT2D eigenvalue weighted by atomic mass is 35.5. The summed E-state index contributed by atoms with van der Waals surface area (Å²) in [6.07, 6.45) is 1.88. The first-order chi connectivity index (χ1) is 19.0. The molecule has 12 nitrogen and oxygen atoms in total. The Labute approximate surface area is 228 Å². The number of alkyl halides is 3. The number of pyridine rings is 2. The molecule has 0 saturated heterocycles. The van der Waals surface area contributed by atoms with Crippen LogP contribution in [0.4, 0.5) is 30.6 Å². The molecule has 0 radical (unpaired) electrons. The monoisotopic (exact) mass is 575 g/mol. The zero-order chi connectivity index (χ0) is 28.3. The SMILES string of the molecule is CNc1nccn2ncc(Oc3cnc4nc(Nc5cc(C(F)(F)F)cn([C@H]6C[C@@H](O)C6)c5=O)n(C)c4c3Cl)c12. The Bertz CT molecular complexity index is 1830. The van der Waals surface area contributed by atoms with E-state index in [4.69, 9.17) is 16.3 Å². The van der Waals surface area contributed by atoms with Crippen molar-refractivity contribution >= 4 is 45.7 Å². The number of halogens is 4. The molecule has 1 aliphatic carbocycles. The number of aliphatic hydroxyl groups is 1. The highest BCUT2D eigenvalue weighted by Gasteiger charge is 2.36. The molecule has 40 heavy (non-hydrogen) atoms. The van der Waals surface area contributed by atoms with Crippen molar-refractivity contribution in [3.63, 3.8) is 0 Å². The van der Waals surface area contributed by atoms with Gasteiger partial charge in [0, 0.05) is 38.7 Å². The predicted molar refractivity (Wildman–Crippen MR) is 139 cm³/mol. The van der Waals surface area contributed by atoms with E-state index in [0.29, 0.717) is 22.6 Å². The lowest BCUT2D eigenvalue weighted by atomic mass is 9.89. The Hall–Kier alpha value is -4.37. The van der Waals surface area contributed by atoms with Crippen LogP contribution in [0.3, 0.4) is 0 Å². The minimum atomic E-state index is -4.70. The van der Waals surface area contributed by atoms with Crippen LogP contribution in [0.25, 0.3) is 16.7 Å². The fourth-order valence-corrected chi connectivity index (χ4v) is 4.91. The number of aliphatic hydroxyl groups excluding tert-OH is 1. The van der Waals surface area contributed by atoms with E-state index < -0.39 is 29.4 Å². The van der Waals surface area contributed by atoms with E-state index in [1.807, 2.05) is 0 Å². The quantitative estimate of drug-likeness (QED) is 0.273. The van der Waals surface area contributed by atoms with Gasteiger partial charge in [-0.3, -0.25) is 4.79 Å². The van der Waals surface area contributed by atoms with Crippen molar-refractivity contribution in [1.29, 1.82) is 0 Å². The lowest BCUT2D eigenvalue weighted by Gasteiger charge is -2.33. The Balaban J connectivity index is 1.38. The molecule has 1 aliphatic rings. The van der Waals surface area contributed by atoms with Crippen molar-refractivity contribution in [2.45, 2.75) is 31.2 Å². The molecule has 0 atom stereocenters. The van der Waals surface area contributed by atoms with Gasteiger partial charge in [0.15, 0.2) is 28.5 Å². The van der Waals surface area contributed by atoms with Gasteiger partial charge in [0.05, 0.1) is 24.1 Å². The Morgan fingerprint density at radius 3 is 2.65 bits per heavy atom. The van der Waals surface area contributed by atoms with Gasteiger partial charge in [0.1, 0.15) is 16.2 Å². The molecule has 5 aromatic heterocycles. The zero-order valence-electron chi connectivity index (χ0n) is 20.9. The van der Waals surface area contributed by atoms with E-state index in [9.17, 15) is 23.1 Å². The van der Waals surface area contributed by atoms with E-state index in [1.165, 1.54) is 17.0 Å². The maximum Gasteiger partial charge on any atom is 0.417 e. The topological polar surface area (TPSA) is 136 Å². The molecule has 0 bridgehead atoms. The van der Waals surface area contributed by atoms with Gasteiger partial charge in [-0.25, -0.2) is 14.5 Å². The molecular weight excluding hydrogens is 555 g/mol. The van der Waals surface area contributed by atoms with Crippen molar-refractivity contribution in [3.8, 4) is 11.5 Å². The second-order valence-corrected chi connectivity index (χ2v) is 9.67. The summed E-state index contributed by atoms with van der Waals surface area (Å²) in [5, 5.41) is 19.7. The molecule has 0 spiro atoms. The maximum absolute atomic E-state index is 13.7. The summed E-state index contributed by atoms with van der Waals surface area (Å²) >= 11 is 6.68. The minimum absolute atomic E-state index is 0.0378. The van der Waals surface area contributed by atoms with E-state index in [-0.39, 0.29) is 40.9 Å². The summed E-state index contributed by atoms with van der Waals surface area (Å²) in [5.74, 6) is 1.09. The molecule has 5 heterocycles. The number of aromatic nitrogens is 7. The van der Waals surface area contributed by atoms with Gasteiger partial charge in [-0.15, -0.1) is 0 Å². The van der Waals surface area contributed by atoms with Gasteiger partial charge < -0.3 is 29.6 Å². The molecule has 6 rings (SSSR count). The molecule has 0 aliphatic heterocycles. The molecule has 1 fully saturated rings. The number of fused-ring (bicyclic) bond motifs is 2. The van der Waals surface area contributed by atoms with Crippen LogP contribution in [-0.4, -0.2) is 52.0 Å². The second-order valence-electron chi connectivity index (χ2n) is 9.29. The first-order valence-electron chi connectivity index (χ1n) is 12.0. The highest BCUT2D eigenvalue weighted by molar-refractivity contribution is 6.36. The summed E-state index contributed by atoms with van der Waals surface area (Å²) in [6.45, 7) is 0. The minimum Gasteiger partial charge on any atom is -0.450 e. The van der Waals surface area contributed by atoms with E-state index in [2.05, 4.69) is 30.7 Å².